The number of ether oxygens (including phenoxy) is 1. The zero-order valence-electron chi connectivity index (χ0n) is 15.2. The summed E-state index contributed by atoms with van der Waals surface area (Å²) in [4.78, 5) is 12.2. The average molecular weight is 420 g/mol. The van der Waals surface area contributed by atoms with Gasteiger partial charge in [0.05, 0.1) is 6.61 Å². The predicted molar refractivity (Wildman–Crippen MR) is 107 cm³/mol. The number of carbonyl (C=O) groups excluding carboxylic acids is 1. The van der Waals surface area contributed by atoms with Crippen LogP contribution in [-0.2, 0) is 14.8 Å². The number of hydrogen-bond acceptors (Lipinski definition) is 5. The summed E-state index contributed by atoms with van der Waals surface area (Å²) in [6, 6.07) is 14.8. The van der Waals surface area contributed by atoms with Crippen LogP contribution in [0.2, 0.25) is 5.02 Å². The lowest BCUT2D eigenvalue weighted by atomic mass is 10.1. The molecular weight excluding hydrogens is 402 g/mol. The molecule has 1 aromatic heterocycles. The number of halogens is 1. The molecule has 28 heavy (non-hydrogen) atoms. The van der Waals surface area contributed by atoms with Gasteiger partial charge in [0, 0.05) is 16.3 Å². The fraction of sp³-hybridized carbons (Fsp3) is 0.150. The molecule has 0 unspecified atom stereocenters. The van der Waals surface area contributed by atoms with Crippen LogP contribution in [0.25, 0.3) is 11.3 Å². The zero-order valence-corrected chi connectivity index (χ0v) is 16.8. The topological polar surface area (TPSA) is 85.6 Å². The van der Waals surface area contributed by atoms with E-state index in [2.05, 4.69) is 4.72 Å². The summed E-state index contributed by atoms with van der Waals surface area (Å²) in [6.07, 6.45) is 0. The molecule has 1 N–H and O–H groups in total. The highest BCUT2D eigenvalue weighted by Crippen LogP contribution is 2.36. The number of benzene rings is 2. The van der Waals surface area contributed by atoms with E-state index >= 15 is 0 Å². The first-order valence-electron chi connectivity index (χ1n) is 8.47. The van der Waals surface area contributed by atoms with Crippen molar-refractivity contribution in [3.05, 3.63) is 70.9 Å². The molecule has 6 nitrogen and oxygen atoms in total. The number of para-hydroxylation sites is 1. The van der Waals surface area contributed by atoms with E-state index in [0.717, 1.165) is 0 Å². The second kappa shape index (κ2) is 8.08. The normalized spacial score (nSPS) is 11.2. The lowest BCUT2D eigenvalue weighted by molar-refractivity contribution is 0.0520. The van der Waals surface area contributed by atoms with E-state index in [1.165, 1.54) is 6.92 Å². The van der Waals surface area contributed by atoms with Crippen molar-refractivity contribution in [1.82, 2.24) is 0 Å². The van der Waals surface area contributed by atoms with Gasteiger partial charge in [-0.3, -0.25) is 4.72 Å². The fourth-order valence-electron chi connectivity index (χ4n) is 2.72. The minimum atomic E-state index is -4.15. The average Bonchev–Trinajstić information content (AvgIpc) is 3.01. The number of nitrogens with one attached hydrogen (secondary N) is 1. The Kier molecular flexibility index (Phi) is 5.76. The molecule has 8 heteroatoms. The monoisotopic (exact) mass is 419 g/mol. The highest BCUT2D eigenvalue weighted by Gasteiger charge is 2.34. The van der Waals surface area contributed by atoms with E-state index in [4.69, 9.17) is 20.8 Å². The first kappa shape index (κ1) is 20.0. The first-order valence-corrected chi connectivity index (χ1v) is 10.3. The zero-order chi connectivity index (χ0) is 20.3. The van der Waals surface area contributed by atoms with Crippen molar-refractivity contribution < 1.29 is 22.4 Å². The van der Waals surface area contributed by atoms with Crippen molar-refractivity contribution in [1.29, 1.82) is 0 Å². The number of aryl methyl sites for hydroxylation is 1. The van der Waals surface area contributed by atoms with Crippen LogP contribution < -0.4 is 4.72 Å². The van der Waals surface area contributed by atoms with Crippen molar-refractivity contribution in [2.24, 2.45) is 0 Å². The van der Waals surface area contributed by atoms with Crippen LogP contribution >= 0.6 is 11.6 Å². The van der Waals surface area contributed by atoms with E-state index in [-0.39, 0.29) is 28.6 Å². The number of anilines is 1. The molecule has 0 saturated carbocycles. The van der Waals surface area contributed by atoms with Crippen LogP contribution in [0.3, 0.4) is 0 Å². The van der Waals surface area contributed by atoms with Gasteiger partial charge in [-0.05, 0) is 50.2 Å². The number of esters is 1. The predicted octanol–water partition coefficient (Wildman–Crippen LogP) is 4.89. The Labute approximate surface area is 168 Å². The van der Waals surface area contributed by atoms with Crippen molar-refractivity contribution in [3.8, 4) is 11.3 Å². The van der Waals surface area contributed by atoms with Gasteiger partial charge in [-0.15, -0.1) is 0 Å². The molecule has 146 valence electrons. The summed E-state index contributed by atoms with van der Waals surface area (Å²) >= 11 is 5.93. The van der Waals surface area contributed by atoms with Gasteiger partial charge in [0.1, 0.15) is 16.2 Å². The van der Waals surface area contributed by atoms with Crippen molar-refractivity contribution in [2.75, 3.05) is 11.3 Å². The SMILES string of the molecule is CCOC(=O)c1c(C)oc(-c2ccc(Cl)cc2)c1S(=O)(=O)Nc1ccccc1. The Hall–Kier alpha value is -2.77. The molecule has 0 atom stereocenters. The van der Waals surface area contributed by atoms with E-state index in [9.17, 15) is 13.2 Å². The van der Waals surface area contributed by atoms with Gasteiger partial charge in [0.15, 0.2) is 5.76 Å². The molecule has 3 aromatic rings. The second-order valence-electron chi connectivity index (χ2n) is 5.89. The summed E-state index contributed by atoms with van der Waals surface area (Å²) in [5, 5.41) is 0.490. The minimum Gasteiger partial charge on any atom is -0.462 e. The Balaban J connectivity index is 2.20. The molecule has 0 saturated heterocycles. The first-order chi connectivity index (χ1) is 13.3. The second-order valence-corrected chi connectivity index (χ2v) is 7.95. The fourth-order valence-corrected chi connectivity index (χ4v) is 4.30. The molecular formula is C20H18ClNO5S. The smallest absolute Gasteiger partial charge is 0.343 e. The molecule has 0 aliphatic heterocycles. The number of furan rings is 1. The maximum atomic E-state index is 13.2. The molecule has 0 amide bonds. The number of rotatable bonds is 6. The third-order valence-corrected chi connectivity index (χ3v) is 5.60. The van der Waals surface area contributed by atoms with E-state index in [0.29, 0.717) is 16.3 Å². The standard InChI is InChI=1S/C20H18ClNO5S/c1-3-26-20(23)17-13(2)27-18(14-9-11-15(21)12-10-14)19(17)28(24,25)22-16-7-5-4-6-8-16/h4-12,22H,3H2,1-2H3. The van der Waals surface area contributed by atoms with Gasteiger partial charge in [0.2, 0.25) is 0 Å². The molecule has 0 aliphatic rings. The van der Waals surface area contributed by atoms with Crippen molar-refractivity contribution in [2.45, 2.75) is 18.7 Å². The molecule has 0 fully saturated rings. The molecule has 0 radical (unpaired) electrons. The van der Waals surface area contributed by atoms with Crippen LogP contribution in [0, 0.1) is 6.92 Å². The summed E-state index contributed by atoms with van der Waals surface area (Å²) < 4.78 is 39.6. The van der Waals surface area contributed by atoms with Crippen molar-refractivity contribution >= 4 is 33.3 Å². The number of sulfonamides is 1. The lowest BCUT2D eigenvalue weighted by Crippen LogP contribution is -2.18. The highest BCUT2D eigenvalue weighted by atomic mass is 35.5. The number of carbonyl (C=O) groups is 1. The van der Waals surface area contributed by atoms with E-state index in [1.807, 2.05) is 0 Å². The van der Waals surface area contributed by atoms with Crippen molar-refractivity contribution in [3.63, 3.8) is 0 Å². The maximum Gasteiger partial charge on any atom is 0.343 e. The summed E-state index contributed by atoms with van der Waals surface area (Å²) in [5.74, 6) is -0.574. The Morgan fingerprint density at radius 2 is 1.75 bits per heavy atom. The largest absolute Gasteiger partial charge is 0.462 e. The molecule has 3 rings (SSSR count). The summed E-state index contributed by atoms with van der Waals surface area (Å²) in [7, 11) is -4.15. The minimum absolute atomic E-state index is 0.0423. The lowest BCUT2D eigenvalue weighted by Gasteiger charge is -2.10. The third kappa shape index (κ3) is 4.05. The van der Waals surface area contributed by atoms with Gasteiger partial charge in [-0.25, -0.2) is 13.2 Å². The Morgan fingerprint density at radius 1 is 1.11 bits per heavy atom. The highest BCUT2D eigenvalue weighted by molar-refractivity contribution is 7.93. The Morgan fingerprint density at radius 3 is 2.36 bits per heavy atom. The van der Waals surface area contributed by atoms with E-state index in [1.54, 1.807) is 61.5 Å². The third-order valence-electron chi connectivity index (χ3n) is 3.92. The van der Waals surface area contributed by atoms with Crippen LogP contribution in [0.5, 0.6) is 0 Å². The van der Waals surface area contributed by atoms with Gasteiger partial charge < -0.3 is 9.15 Å². The van der Waals surface area contributed by atoms with Crippen LogP contribution in [0.15, 0.2) is 63.9 Å². The molecule has 1 heterocycles. The van der Waals surface area contributed by atoms with Gasteiger partial charge in [-0.2, -0.15) is 0 Å². The molecule has 0 spiro atoms. The van der Waals surface area contributed by atoms with Gasteiger partial charge in [0.25, 0.3) is 10.0 Å². The van der Waals surface area contributed by atoms with Gasteiger partial charge >= 0.3 is 5.97 Å². The van der Waals surface area contributed by atoms with Gasteiger partial charge in [-0.1, -0.05) is 29.8 Å². The maximum absolute atomic E-state index is 13.2. The number of hydrogen-bond donors (Lipinski definition) is 1. The van der Waals surface area contributed by atoms with Crippen LogP contribution in [0.4, 0.5) is 5.69 Å². The summed E-state index contributed by atoms with van der Waals surface area (Å²) in [6.45, 7) is 3.27. The molecule has 0 bridgehead atoms. The van der Waals surface area contributed by atoms with Crippen LogP contribution in [-0.4, -0.2) is 21.0 Å². The molecule has 0 aliphatic carbocycles. The summed E-state index contributed by atoms with van der Waals surface area (Å²) in [5.41, 5.74) is 0.699. The Bertz CT molecular complexity index is 1090. The quantitative estimate of drug-likeness (QED) is 0.575. The van der Waals surface area contributed by atoms with Crippen LogP contribution in [0.1, 0.15) is 23.0 Å². The van der Waals surface area contributed by atoms with E-state index < -0.39 is 16.0 Å². The molecule has 2 aromatic carbocycles.